The number of hydrogen-bond acceptors (Lipinski definition) is 4. The van der Waals surface area contributed by atoms with Gasteiger partial charge in [-0.05, 0) is 105 Å². The van der Waals surface area contributed by atoms with Gasteiger partial charge in [0.05, 0.1) is 10.6 Å². The molecule has 168 valence electrons. The van der Waals surface area contributed by atoms with Gasteiger partial charge in [0.1, 0.15) is 0 Å². The van der Waals surface area contributed by atoms with E-state index in [1.165, 1.54) is 28.6 Å². The summed E-state index contributed by atoms with van der Waals surface area (Å²) in [6, 6.07) is 12.7. The molecule has 2 aliphatic rings. The fraction of sp³-hybridized carbons (Fsp3) is 0.407. The summed E-state index contributed by atoms with van der Waals surface area (Å²) in [5.41, 5.74) is 7.16. The molecule has 2 aromatic rings. The molecule has 2 aromatic carbocycles. The topological polar surface area (TPSA) is 44.7 Å². The second kappa shape index (κ2) is 8.78. The number of benzene rings is 2. The lowest BCUT2D eigenvalue weighted by molar-refractivity contribution is -0.115. The third-order valence-electron chi connectivity index (χ3n) is 6.60. The summed E-state index contributed by atoms with van der Waals surface area (Å²) in [4.78, 5) is 20.5. The number of amidine groups is 1. The Morgan fingerprint density at radius 3 is 2.78 bits per heavy atom. The van der Waals surface area contributed by atoms with Gasteiger partial charge in [-0.3, -0.25) is 4.79 Å². The number of fused-ring (bicyclic) bond motifs is 1. The Bertz CT molecular complexity index is 1120. The van der Waals surface area contributed by atoms with Crippen molar-refractivity contribution in [2.75, 3.05) is 11.4 Å². The van der Waals surface area contributed by atoms with E-state index in [2.05, 4.69) is 81.0 Å². The van der Waals surface area contributed by atoms with Crippen LogP contribution in [0.2, 0.25) is 0 Å². The number of nitrogens with one attached hydrogen (secondary N) is 1. The second-order valence-corrected chi connectivity index (χ2v) is 10.6. The number of aryl methyl sites for hydroxylation is 1. The van der Waals surface area contributed by atoms with Crippen LogP contribution in [0.5, 0.6) is 0 Å². The standard InChI is InChI=1S/C27H33N3OS/c1-7-13-30-23-12-11-20(14-21(23)18(3)16-27(30,5)6)15-24-25(31)29-26(32-24)28-22-10-8-9-17(2)19(22)4/h8-12,14-15,18H,7,13,16H2,1-6H3,(H,28,29,31)/b24-15+. The molecule has 32 heavy (non-hydrogen) atoms. The highest BCUT2D eigenvalue weighted by atomic mass is 32.2. The van der Waals surface area contributed by atoms with Crippen molar-refractivity contribution in [3.63, 3.8) is 0 Å². The summed E-state index contributed by atoms with van der Waals surface area (Å²) in [5, 5.41) is 3.56. The molecule has 4 nitrogen and oxygen atoms in total. The van der Waals surface area contributed by atoms with Gasteiger partial charge in [0, 0.05) is 17.8 Å². The summed E-state index contributed by atoms with van der Waals surface area (Å²) in [6.45, 7) is 14.4. The molecule has 1 amide bonds. The number of carbonyl (C=O) groups excluding carboxylic acids is 1. The first-order chi connectivity index (χ1) is 15.2. The van der Waals surface area contributed by atoms with E-state index in [0.717, 1.165) is 36.2 Å². The number of aliphatic imine (C=N–C) groups is 1. The Balaban J connectivity index is 1.62. The van der Waals surface area contributed by atoms with Crippen LogP contribution in [0.1, 0.15) is 68.7 Å². The van der Waals surface area contributed by atoms with E-state index in [1.54, 1.807) is 0 Å². The van der Waals surface area contributed by atoms with E-state index in [4.69, 9.17) is 0 Å². The van der Waals surface area contributed by atoms with Crippen molar-refractivity contribution in [2.24, 2.45) is 4.99 Å². The maximum absolute atomic E-state index is 12.6. The molecule has 0 spiro atoms. The molecule has 4 rings (SSSR count). The van der Waals surface area contributed by atoms with Gasteiger partial charge in [-0.25, -0.2) is 4.99 Å². The molecule has 2 aliphatic heterocycles. The average Bonchev–Trinajstić information content (AvgIpc) is 3.07. The van der Waals surface area contributed by atoms with Crippen LogP contribution in [0.4, 0.5) is 11.4 Å². The smallest absolute Gasteiger partial charge is 0.264 e. The summed E-state index contributed by atoms with van der Waals surface area (Å²) in [6.07, 6.45) is 4.24. The highest BCUT2D eigenvalue weighted by Gasteiger charge is 2.35. The van der Waals surface area contributed by atoms with Crippen molar-refractivity contribution in [1.82, 2.24) is 5.32 Å². The largest absolute Gasteiger partial charge is 0.366 e. The number of carbonyl (C=O) groups is 1. The van der Waals surface area contributed by atoms with Crippen molar-refractivity contribution in [2.45, 2.75) is 65.8 Å². The first-order valence-electron chi connectivity index (χ1n) is 11.5. The fourth-order valence-electron chi connectivity index (χ4n) is 4.84. The first-order valence-corrected chi connectivity index (χ1v) is 12.3. The fourth-order valence-corrected chi connectivity index (χ4v) is 5.68. The molecule has 1 unspecified atom stereocenters. The predicted molar refractivity (Wildman–Crippen MR) is 138 cm³/mol. The molecule has 0 saturated carbocycles. The van der Waals surface area contributed by atoms with Crippen LogP contribution in [-0.2, 0) is 4.79 Å². The van der Waals surface area contributed by atoms with E-state index >= 15 is 0 Å². The quantitative estimate of drug-likeness (QED) is 0.531. The molecule has 0 bridgehead atoms. The molecular formula is C27H33N3OS. The summed E-state index contributed by atoms with van der Waals surface area (Å²) >= 11 is 1.41. The van der Waals surface area contributed by atoms with Crippen molar-refractivity contribution in [3.05, 3.63) is 63.6 Å². The molecule has 1 atom stereocenters. The second-order valence-electron chi connectivity index (χ2n) is 9.59. The Kier molecular flexibility index (Phi) is 6.22. The van der Waals surface area contributed by atoms with E-state index in [0.29, 0.717) is 16.0 Å². The van der Waals surface area contributed by atoms with Crippen LogP contribution in [0.15, 0.2) is 46.3 Å². The van der Waals surface area contributed by atoms with E-state index in [1.807, 2.05) is 18.2 Å². The lowest BCUT2D eigenvalue weighted by Crippen LogP contribution is -2.48. The third-order valence-corrected chi connectivity index (χ3v) is 7.51. The van der Waals surface area contributed by atoms with Gasteiger partial charge in [0.2, 0.25) is 0 Å². The SMILES string of the molecule is CCCN1c2ccc(/C=C3/SC(=Nc4cccc(C)c4C)NC3=O)cc2C(C)CC1(C)C. The maximum atomic E-state index is 12.6. The van der Waals surface area contributed by atoms with Crippen LogP contribution in [-0.4, -0.2) is 23.2 Å². The summed E-state index contributed by atoms with van der Waals surface area (Å²) in [7, 11) is 0. The zero-order chi connectivity index (χ0) is 23.0. The van der Waals surface area contributed by atoms with Crippen molar-refractivity contribution in [1.29, 1.82) is 0 Å². The van der Waals surface area contributed by atoms with Crippen LogP contribution in [0, 0.1) is 13.8 Å². The van der Waals surface area contributed by atoms with Gasteiger partial charge in [-0.15, -0.1) is 0 Å². The Labute approximate surface area is 196 Å². The molecular weight excluding hydrogens is 414 g/mol. The number of rotatable bonds is 4. The molecule has 1 fully saturated rings. The molecule has 5 heteroatoms. The summed E-state index contributed by atoms with van der Waals surface area (Å²) in [5.74, 6) is 0.400. The van der Waals surface area contributed by atoms with Crippen LogP contribution in [0.3, 0.4) is 0 Å². The lowest BCUT2D eigenvalue weighted by Gasteiger charge is -2.47. The third kappa shape index (κ3) is 4.36. The highest BCUT2D eigenvalue weighted by Crippen LogP contribution is 2.44. The normalized spacial score (nSPS) is 22.4. The number of thioether (sulfide) groups is 1. The van der Waals surface area contributed by atoms with Gasteiger partial charge in [-0.2, -0.15) is 0 Å². The number of nitrogens with zero attached hydrogens (tertiary/aromatic N) is 2. The van der Waals surface area contributed by atoms with Crippen LogP contribution < -0.4 is 10.2 Å². The van der Waals surface area contributed by atoms with E-state index in [-0.39, 0.29) is 11.4 Å². The molecule has 0 aliphatic carbocycles. The number of hydrogen-bond donors (Lipinski definition) is 1. The van der Waals surface area contributed by atoms with E-state index in [9.17, 15) is 4.79 Å². The van der Waals surface area contributed by atoms with Crippen molar-refractivity contribution >= 4 is 40.3 Å². The number of anilines is 1. The molecule has 0 radical (unpaired) electrons. The Morgan fingerprint density at radius 1 is 1.25 bits per heavy atom. The van der Waals surface area contributed by atoms with Crippen LogP contribution >= 0.6 is 11.8 Å². The van der Waals surface area contributed by atoms with Crippen LogP contribution in [0.25, 0.3) is 6.08 Å². The van der Waals surface area contributed by atoms with Gasteiger partial charge in [0.15, 0.2) is 5.17 Å². The molecule has 2 heterocycles. The minimum Gasteiger partial charge on any atom is -0.366 e. The van der Waals surface area contributed by atoms with E-state index < -0.39 is 0 Å². The molecule has 0 aromatic heterocycles. The minimum atomic E-state index is -0.0847. The maximum Gasteiger partial charge on any atom is 0.264 e. The van der Waals surface area contributed by atoms with Crippen molar-refractivity contribution in [3.8, 4) is 0 Å². The first kappa shape index (κ1) is 22.7. The van der Waals surface area contributed by atoms with Gasteiger partial charge in [0.25, 0.3) is 5.91 Å². The molecule has 1 saturated heterocycles. The van der Waals surface area contributed by atoms with Crippen molar-refractivity contribution < 1.29 is 4.79 Å². The summed E-state index contributed by atoms with van der Waals surface area (Å²) < 4.78 is 0. The Hall–Kier alpha value is -2.53. The molecule has 1 N–H and O–H groups in total. The lowest BCUT2D eigenvalue weighted by atomic mass is 9.79. The number of amides is 1. The monoisotopic (exact) mass is 447 g/mol. The zero-order valence-electron chi connectivity index (χ0n) is 20.0. The van der Waals surface area contributed by atoms with Gasteiger partial charge >= 0.3 is 0 Å². The predicted octanol–water partition coefficient (Wildman–Crippen LogP) is 6.70. The Morgan fingerprint density at radius 2 is 2.03 bits per heavy atom. The minimum absolute atomic E-state index is 0.0847. The highest BCUT2D eigenvalue weighted by molar-refractivity contribution is 8.18. The van der Waals surface area contributed by atoms with Gasteiger partial charge in [-0.1, -0.05) is 32.0 Å². The average molecular weight is 448 g/mol. The van der Waals surface area contributed by atoms with Gasteiger partial charge < -0.3 is 10.2 Å². The zero-order valence-corrected chi connectivity index (χ0v) is 20.8.